The highest BCUT2D eigenvalue weighted by Crippen LogP contribution is 2.19. The summed E-state index contributed by atoms with van der Waals surface area (Å²) in [5.41, 5.74) is 1.29. The van der Waals surface area contributed by atoms with E-state index in [0.29, 0.717) is 22.1 Å². The summed E-state index contributed by atoms with van der Waals surface area (Å²) in [6.07, 6.45) is 0.706. The van der Waals surface area contributed by atoms with Crippen LogP contribution in [-0.4, -0.2) is 16.8 Å². The molecule has 3 aromatic rings. The smallest absolute Gasteiger partial charge is 0.267 e. The Kier molecular flexibility index (Phi) is 5.52. The minimum Gasteiger partial charge on any atom is -0.326 e. The molecule has 2 N–H and O–H groups in total. The molecule has 128 valence electrons. The third kappa shape index (κ3) is 4.94. The summed E-state index contributed by atoms with van der Waals surface area (Å²) in [6.45, 7) is 0. The van der Waals surface area contributed by atoms with E-state index in [9.17, 15) is 14.0 Å². The van der Waals surface area contributed by atoms with Gasteiger partial charge in [-0.3, -0.25) is 14.9 Å². The maximum absolute atomic E-state index is 12.8. The number of rotatable bonds is 6. The number of halogens is 1. The van der Waals surface area contributed by atoms with Crippen molar-refractivity contribution >= 4 is 45.3 Å². The Morgan fingerprint density at radius 2 is 1.88 bits per heavy atom. The Labute approximate surface area is 151 Å². The van der Waals surface area contributed by atoms with Gasteiger partial charge in [-0.15, -0.1) is 22.7 Å². The van der Waals surface area contributed by atoms with Crippen molar-refractivity contribution in [3.05, 3.63) is 63.5 Å². The lowest BCUT2D eigenvalue weighted by molar-refractivity contribution is -0.116. The predicted molar refractivity (Wildman–Crippen MR) is 97.7 cm³/mol. The van der Waals surface area contributed by atoms with Crippen molar-refractivity contribution in [2.45, 2.75) is 12.8 Å². The third-order valence-electron chi connectivity index (χ3n) is 3.25. The molecule has 0 saturated carbocycles. The zero-order valence-corrected chi connectivity index (χ0v) is 14.6. The molecule has 0 bridgehead atoms. The van der Waals surface area contributed by atoms with Crippen molar-refractivity contribution in [3.8, 4) is 0 Å². The first-order chi connectivity index (χ1) is 12.1. The fourth-order valence-electron chi connectivity index (χ4n) is 2.04. The topological polar surface area (TPSA) is 71.1 Å². The maximum atomic E-state index is 12.8. The summed E-state index contributed by atoms with van der Waals surface area (Å²) in [6, 6.07) is 9.15. The number of thiophene rings is 1. The molecule has 5 nitrogen and oxygen atoms in total. The number of hydrogen-bond acceptors (Lipinski definition) is 5. The molecule has 2 aromatic heterocycles. The van der Waals surface area contributed by atoms with Gasteiger partial charge in [0.15, 0.2) is 5.13 Å². The molecule has 0 aliphatic carbocycles. The Morgan fingerprint density at radius 1 is 1.08 bits per heavy atom. The number of aryl methyl sites for hydroxylation is 1. The van der Waals surface area contributed by atoms with Crippen LogP contribution in [0.4, 0.5) is 15.2 Å². The highest BCUT2D eigenvalue weighted by molar-refractivity contribution is 7.14. The second-order valence-corrected chi connectivity index (χ2v) is 6.94. The van der Waals surface area contributed by atoms with Crippen LogP contribution < -0.4 is 10.6 Å². The molecule has 0 saturated heterocycles. The summed E-state index contributed by atoms with van der Waals surface area (Å²) in [5, 5.41) is 9.60. The first-order valence-corrected chi connectivity index (χ1v) is 9.21. The predicted octanol–water partition coefficient (Wildman–Crippen LogP) is 4.17. The van der Waals surface area contributed by atoms with Gasteiger partial charge in [-0.25, -0.2) is 9.37 Å². The van der Waals surface area contributed by atoms with E-state index in [1.807, 2.05) is 16.8 Å². The summed E-state index contributed by atoms with van der Waals surface area (Å²) in [7, 11) is 0. The number of benzene rings is 1. The van der Waals surface area contributed by atoms with Gasteiger partial charge < -0.3 is 5.32 Å². The highest BCUT2D eigenvalue weighted by atomic mass is 32.1. The van der Waals surface area contributed by atoms with Crippen molar-refractivity contribution in [3.63, 3.8) is 0 Å². The van der Waals surface area contributed by atoms with Crippen LogP contribution in [0.25, 0.3) is 0 Å². The first-order valence-electron chi connectivity index (χ1n) is 7.45. The van der Waals surface area contributed by atoms with Gasteiger partial charge >= 0.3 is 0 Å². The minimum absolute atomic E-state index is 0.177. The van der Waals surface area contributed by atoms with Crippen LogP contribution in [0.2, 0.25) is 0 Å². The second kappa shape index (κ2) is 8.00. The quantitative estimate of drug-likeness (QED) is 0.679. The summed E-state index contributed by atoms with van der Waals surface area (Å²) >= 11 is 2.68. The van der Waals surface area contributed by atoms with Gasteiger partial charge in [0.05, 0.1) is 10.6 Å². The van der Waals surface area contributed by atoms with Crippen molar-refractivity contribution < 1.29 is 14.0 Å². The summed E-state index contributed by atoms with van der Waals surface area (Å²) in [4.78, 5) is 28.8. The Balaban J connectivity index is 1.49. The number of amides is 2. The van der Waals surface area contributed by atoms with E-state index in [4.69, 9.17) is 0 Å². The minimum atomic E-state index is -0.349. The molecule has 0 spiro atoms. The van der Waals surface area contributed by atoms with Crippen LogP contribution in [0.15, 0.2) is 47.2 Å². The van der Waals surface area contributed by atoms with E-state index in [2.05, 4.69) is 15.6 Å². The SMILES string of the molecule is O=C(CCc1csc(NC(=O)c2cccs2)n1)Nc1ccc(F)cc1. The van der Waals surface area contributed by atoms with E-state index in [-0.39, 0.29) is 24.1 Å². The van der Waals surface area contributed by atoms with Crippen molar-refractivity contribution in [1.82, 2.24) is 4.98 Å². The van der Waals surface area contributed by atoms with Gasteiger partial charge in [0, 0.05) is 17.5 Å². The standard InChI is InChI=1S/C17H14FN3O2S2/c18-11-3-5-12(6-4-11)19-15(22)8-7-13-10-25-17(20-13)21-16(23)14-2-1-9-24-14/h1-6,9-10H,7-8H2,(H,19,22)(H,20,21,23). The van der Waals surface area contributed by atoms with Gasteiger partial charge in [0.1, 0.15) is 5.82 Å². The number of aromatic nitrogens is 1. The zero-order valence-electron chi connectivity index (χ0n) is 13.0. The molecular formula is C17H14FN3O2S2. The molecule has 2 amide bonds. The average molecular weight is 375 g/mol. The highest BCUT2D eigenvalue weighted by Gasteiger charge is 2.11. The normalized spacial score (nSPS) is 10.4. The monoisotopic (exact) mass is 375 g/mol. The number of nitrogens with zero attached hydrogens (tertiary/aromatic N) is 1. The molecule has 25 heavy (non-hydrogen) atoms. The Bertz CT molecular complexity index is 860. The van der Waals surface area contributed by atoms with Crippen LogP contribution in [0.3, 0.4) is 0 Å². The van der Waals surface area contributed by atoms with Crippen LogP contribution in [-0.2, 0) is 11.2 Å². The molecule has 2 heterocycles. The lowest BCUT2D eigenvalue weighted by atomic mass is 10.2. The van der Waals surface area contributed by atoms with Crippen LogP contribution >= 0.6 is 22.7 Å². The van der Waals surface area contributed by atoms with Gasteiger partial charge in [-0.1, -0.05) is 6.07 Å². The van der Waals surface area contributed by atoms with Crippen LogP contribution in [0, 0.1) is 5.82 Å². The molecule has 3 rings (SSSR count). The number of carbonyl (C=O) groups excluding carboxylic acids is 2. The largest absolute Gasteiger partial charge is 0.326 e. The molecule has 0 atom stereocenters. The zero-order chi connectivity index (χ0) is 17.6. The van der Waals surface area contributed by atoms with E-state index in [1.165, 1.54) is 46.9 Å². The molecule has 0 aliphatic heterocycles. The Morgan fingerprint density at radius 3 is 2.60 bits per heavy atom. The van der Waals surface area contributed by atoms with Gasteiger partial charge in [0.2, 0.25) is 5.91 Å². The molecule has 8 heteroatoms. The molecule has 0 radical (unpaired) electrons. The van der Waals surface area contributed by atoms with E-state index in [1.54, 1.807) is 6.07 Å². The average Bonchev–Trinajstić information content (AvgIpc) is 3.27. The van der Waals surface area contributed by atoms with Gasteiger partial charge in [0.25, 0.3) is 5.91 Å². The lowest BCUT2D eigenvalue weighted by Crippen LogP contribution is -2.12. The summed E-state index contributed by atoms with van der Waals surface area (Å²) in [5.74, 6) is -0.716. The number of anilines is 2. The lowest BCUT2D eigenvalue weighted by Gasteiger charge is -2.04. The van der Waals surface area contributed by atoms with Crippen molar-refractivity contribution in [1.29, 1.82) is 0 Å². The van der Waals surface area contributed by atoms with Gasteiger partial charge in [-0.05, 0) is 42.1 Å². The number of hydrogen-bond donors (Lipinski definition) is 2. The van der Waals surface area contributed by atoms with E-state index < -0.39 is 0 Å². The van der Waals surface area contributed by atoms with Crippen LogP contribution in [0.5, 0.6) is 0 Å². The van der Waals surface area contributed by atoms with Crippen molar-refractivity contribution in [2.75, 3.05) is 10.6 Å². The fraction of sp³-hybridized carbons (Fsp3) is 0.118. The number of thiazole rings is 1. The van der Waals surface area contributed by atoms with Crippen molar-refractivity contribution in [2.24, 2.45) is 0 Å². The summed E-state index contributed by atoms with van der Waals surface area (Å²) < 4.78 is 12.8. The third-order valence-corrected chi connectivity index (χ3v) is 4.93. The second-order valence-electron chi connectivity index (χ2n) is 5.13. The van der Waals surface area contributed by atoms with Crippen LogP contribution in [0.1, 0.15) is 21.8 Å². The first kappa shape index (κ1) is 17.2. The molecule has 0 aliphatic rings. The maximum Gasteiger partial charge on any atom is 0.267 e. The molecule has 1 aromatic carbocycles. The number of nitrogens with one attached hydrogen (secondary N) is 2. The Hall–Kier alpha value is -2.58. The fourth-order valence-corrected chi connectivity index (χ4v) is 3.40. The molecule has 0 fully saturated rings. The molecule has 0 unspecified atom stereocenters. The number of carbonyl (C=O) groups is 2. The molecular weight excluding hydrogens is 361 g/mol. The van der Waals surface area contributed by atoms with Gasteiger partial charge in [-0.2, -0.15) is 0 Å². The van der Waals surface area contributed by atoms with E-state index in [0.717, 1.165) is 5.69 Å². The van der Waals surface area contributed by atoms with E-state index >= 15 is 0 Å².